The molecule has 3 amide bonds. The van der Waals surface area contributed by atoms with Crippen LogP contribution in [0.3, 0.4) is 0 Å². The van der Waals surface area contributed by atoms with Crippen molar-refractivity contribution in [1.82, 2.24) is 10.2 Å². The number of carbonyl (C=O) groups is 3. The molecule has 1 aromatic carbocycles. The predicted molar refractivity (Wildman–Crippen MR) is 78.8 cm³/mol. The summed E-state index contributed by atoms with van der Waals surface area (Å²) >= 11 is 0. The maximum atomic E-state index is 12.3. The van der Waals surface area contributed by atoms with Crippen LogP contribution in [-0.4, -0.2) is 49.3 Å². The number of benzene rings is 1. The number of nitrogen functional groups attached to an aromatic ring is 1. The lowest BCUT2D eigenvalue weighted by Crippen LogP contribution is -2.57. The summed E-state index contributed by atoms with van der Waals surface area (Å²) in [4.78, 5) is 38.7. The van der Waals surface area contributed by atoms with Crippen LogP contribution in [0.15, 0.2) is 18.2 Å². The van der Waals surface area contributed by atoms with Gasteiger partial charge in [-0.15, -0.1) is 0 Å². The average molecular weight is 290 g/mol. The first kappa shape index (κ1) is 14.8. The third kappa shape index (κ3) is 2.81. The number of nitrogens with one attached hydrogen (secondary N) is 1. The lowest BCUT2D eigenvalue weighted by molar-refractivity contribution is -0.132. The van der Waals surface area contributed by atoms with Gasteiger partial charge in [0.2, 0.25) is 11.8 Å². The summed E-state index contributed by atoms with van der Waals surface area (Å²) in [6, 6.07) is 4.28. The van der Waals surface area contributed by atoms with Gasteiger partial charge in [0.05, 0.1) is 17.8 Å². The molecule has 7 heteroatoms. The van der Waals surface area contributed by atoms with Crippen LogP contribution in [0, 0.1) is 0 Å². The Hall–Kier alpha value is -2.57. The molecule has 1 aromatic rings. The molecule has 3 N–H and O–H groups in total. The number of hydrogen-bond donors (Lipinski definition) is 2. The molecule has 7 nitrogen and oxygen atoms in total. The number of anilines is 2. The van der Waals surface area contributed by atoms with Crippen molar-refractivity contribution >= 4 is 29.1 Å². The largest absolute Gasteiger partial charge is 0.399 e. The number of imide groups is 1. The zero-order valence-corrected chi connectivity index (χ0v) is 12.2. The Labute approximate surface area is 122 Å². The van der Waals surface area contributed by atoms with Crippen LogP contribution in [0.5, 0.6) is 0 Å². The molecule has 0 aliphatic carbocycles. The van der Waals surface area contributed by atoms with Crippen molar-refractivity contribution in [3.8, 4) is 0 Å². The number of piperazine rings is 1. The highest BCUT2D eigenvalue weighted by Crippen LogP contribution is 2.27. The van der Waals surface area contributed by atoms with E-state index in [1.165, 1.54) is 4.90 Å². The summed E-state index contributed by atoms with van der Waals surface area (Å²) in [5, 5.41) is 2.27. The van der Waals surface area contributed by atoms with Gasteiger partial charge in [-0.1, -0.05) is 0 Å². The molecule has 1 saturated heterocycles. The number of rotatable bonds is 2. The van der Waals surface area contributed by atoms with Crippen LogP contribution < -0.4 is 16.0 Å². The van der Waals surface area contributed by atoms with Crippen molar-refractivity contribution in [2.24, 2.45) is 0 Å². The first-order valence-corrected chi connectivity index (χ1v) is 6.52. The maximum absolute atomic E-state index is 12.3. The second-order valence-corrected chi connectivity index (χ2v) is 5.19. The molecule has 1 aliphatic heterocycles. The van der Waals surface area contributed by atoms with E-state index in [9.17, 15) is 14.4 Å². The Bertz CT molecular complexity index is 612. The molecule has 112 valence electrons. The fourth-order valence-corrected chi connectivity index (χ4v) is 2.22. The molecule has 0 aromatic heterocycles. The molecule has 21 heavy (non-hydrogen) atoms. The summed E-state index contributed by atoms with van der Waals surface area (Å²) in [7, 11) is 3.28. The van der Waals surface area contributed by atoms with Crippen molar-refractivity contribution in [3.05, 3.63) is 23.8 Å². The highest BCUT2D eigenvalue weighted by atomic mass is 16.2. The predicted octanol–water partition coefficient (Wildman–Crippen LogP) is -0.178. The van der Waals surface area contributed by atoms with E-state index >= 15 is 0 Å². The van der Waals surface area contributed by atoms with Gasteiger partial charge in [-0.3, -0.25) is 19.7 Å². The number of amides is 3. The van der Waals surface area contributed by atoms with Crippen molar-refractivity contribution in [3.63, 3.8) is 0 Å². The number of nitrogens with zero attached hydrogens (tertiary/aromatic N) is 2. The normalized spacial score (nSPS) is 18.4. The molecule has 0 radical (unpaired) electrons. The van der Waals surface area contributed by atoms with Gasteiger partial charge in [0.1, 0.15) is 6.04 Å². The Balaban J connectivity index is 2.51. The fourth-order valence-electron chi connectivity index (χ4n) is 2.22. The van der Waals surface area contributed by atoms with Gasteiger partial charge < -0.3 is 15.5 Å². The molecule has 1 atom stereocenters. The van der Waals surface area contributed by atoms with Gasteiger partial charge >= 0.3 is 0 Å². The van der Waals surface area contributed by atoms with Gasteiger partial charge in [-0.2, -0.15) is 0 Å². The number of hydrogen-bond acceptors (Lipinski definition) is 5. The number of carbonyl (C=O) groups excluding carboxylic acids is 3. The van der Waals surface area contributed by atoms with E-state index in [4.69, 9.17) is 5.73 Å². The van der Waals surface area contributed by atoms with E-state index in [2.05, 4.69) is 5.32 Å². The lowest BCUT2D eigenvalue weighted by Gasteiger charge is -2.35. The molecule has 1 unspecified atom stereocenters. The zero-order valence-electron chi connectivity index (χ0n) is 12.2. The SMILES string of the molecule is CC1C(=O)NC(=O)CN1c1cc(N)ccc1C(=O)N(C)C. The summed E-state index contributed by atoms with van der Waals surface area (Å²) in [5.41, 5.74) is 7.15. The van der Waals surface area contributed by atoms with Crippen LogP contribution in [0.1, 0.15) is 17.3 Å². The topological polar surface area (TPSA) is 95.7 Å². The van der Waals surface area contributed by atoms with E-state index in [-0.39, 0.29) is 12.5 Å². The van der Waals surface area contributed by atoms with Gasteiger partial charge in [-0.05, 0) is 25.1 Å². The quantitative estimate of drug-likeness (QED) is 0.582. The summed E-state index contributed by atoms with van der Waals surface area (Å²) in [6.45, 7) is 1.68. The highest BCUT2D eigenvalue weighted by Gasteiger charge is 2.32. The molecule has 1 aliphatic rings. The second kappa shape index (κ2) is 5.43. The molecule has 0 spiro atoms. The van der Waals surface area contributed by atoms with Crippen LogP contribution in [0.25, 0.3) is 0 Å². The number of nitrogens with two attached hydrogens (primary N) is 1. The van der Waals surface area contributed by atoms with Gasteiger partial charge in [0.15, 0.2) is 0 Å². The first-order chi connectivity index (χ1) is 9.81. The summed E-state index contributed by atoms with van der Waals surface area (Å²) < 4.78 is 0. The Kier molecular flexibility index (Phi) is 3.84. The molecule has 0 saturated carbocycles. The molecule has 0 bridgehead atoms. The van der Waals surface area contributed by atoms with Crippen molar-refractivity contribution in [1.29, 1.82) is 0 Å². The minimum atomic E-state index is -0.557. The monoisotopic (exact) mass is 290 g/mol. The Morgan fingerprint density at radius 2 is 2.05 bits per heavy atom. The highest BCUT2D eigenvalue weighted by molar-refractivity contribution is 6.07. The van der Waals surface area contributed by atoms with Crippen LogP contribution in [0.2, 0.25) is 0 Å². The van der Waals surface area contributed by atoms with Gasteiger partial charge in [-0.25, -0.2) is 0 Å². The van der Waals surface area contributed by atoms with Crippen LogP contribution >= 0.6 is 0 Å². The van der Waals surface area contributed by atoms with Crippen molar-refractivity contribution < 1.29 is 14.4 Å². The summed E-state index contributed by atoms with van der Waals surface area (Å²) in [5.74, 6) is -1.00. The van der Waals surface area contributed by atoms with Crippen molar-refractivity contribution in [2.45, 2.75) is 13.0 Å². The lowest BCUT2D eigenvalue weighted by atomic mass is 10.1. The molecule has 1 heterocycles. The zero-order chi connectivity index (χ0) is 15.7. The fraction of sp³-hybridized carbons (Fsp3) is 0.357. The molecule has 2 rings (SSSR count). The smallest absolute Gasteiger partial charge is 0.255 e. The standard InChI is InChI=1S/C14H18N4O3/c1-8-13(20)16-12(19)7-18(8)11-6-9(15)4-5-10(11)14(21)17(2)3/h4-6,8H,7,15H2,1-3H3,(H,16,19,20). The van der Waals surface area contributed by atoms with E-state index in [1.54, 1.807) is 44.1 Å². The summed E-state index contributed by atoms with van der Waals surface area (Å²) in [6.07, 6.45) is 0. The van der Waals surface area contributed by atoms with E-state index in [0.717, 1.165) is 0 Å². The maximum Gasteiger partial charge on any atom is 0.255 e. The average Bonchev–Trinajstić information content (AvgIpc) is 2.41. The van der Waals surface area contributed by atoms with Gasteiger partial charge in [0, 0.05) is 19.8 Å². The minimum absolute atomic E-state index is 0.00404. The Morgan fingerprint density at radius 3 is 2.67 bits per heavy atom. The first-order valence-electron chi connectivity index (χ1n) is 6.52. The molecule has 1 fully saturated rings. The van der Waals surface area contributed by atoms with Crippen LogP contribution in [0.4, 0.5) is 11.4 Å². The Morgan fingerprint density at radius 1 is 1.38 bits per heavy atom. The van der Waals surface area contributed by atoms with Crippen molar-refractivity contribution in [2.75, 3.05) is 31.3 Å². The molecular formula is C14H18N4O3. The van der Waals surface area contributed by atoms with Gasteiger partial charge in [0.25, 0.3) is 5.91 Å². The van der Waals surface area contributed by atoms with E-state index < -0.39 is 17.9 Å². The van der Waals surface area contributed by atoms with E-state index in [1.807, 2.05) is 0 Å². The minimum Gasteiger partial charge on any atom is -0.399 e. The third-order valence-corrected chi connectivity index (χ3v) is 3.39. The second-order valence-electron chi connectivity index (χ2n) is 5.19. The van der Waals surface area contributed by atoms with E-state index in [0.29, 0.717) is 16.9 Å². The molecular weight excluding hydrogens is 272 g/mol. The van der Waals surface area contributed by atoms with Crippen LogP contribution in [-0.2, 0) is 9.59 Å². The third-order valence-electron chi connectivity index (χ3n) is 3.39.